The zero-order valence-electron chi connectivity index (χ0n) is 9.38. The van der Waals surface area contributed by atoms with Crippen LogP contribution in [0.2, 0.25) is 0 Å². The van der Waals surface area contributed by atoms with Gasteiger partial charge in [-0.25, -0.2) is 9.97 Å². The number of aromatic nitrogens is 3. The summed E-state index contributed by atoms with van der Waals surface area (Å²) >= 11 is 0. The first-order valence-corrected chi connectivity index (χ1v) is 5.23. The number of nitrogens with zero attached hydrogens (tertiary/aromatic N) is 4. The average molecular weight is 225 g/mol. The summed E-state index contributed by atoms with van der Waals surface area (Å²) in [6.07, 6.45) is 3.95. The van der Waals surface area contributed by atoms with E-state index in [9.17, 15) is 0 Å². The van der Waals surface area contributed by atoms with E-state index in [2.05, 4.69) is 15.0 Å². The number of nitrogens with two attached hydrogens (primary N) is 1. The third-order valence-corrected chi connectivity index (χ3v) is 2.42. The normalized spacial score (nSPS) is 9.88. The van der Waals surface area contributed by atoms with E-state index < -0.39 is 0 Å². The highest BCUT2D eigenvalue weighted by molar-refractivity contribution is 5.58. The third-order valence-electron chi connectivity index (χ3n) is 2.42. The fourth-order valence-electron chi connectivity index (χ4n) is 1.52. The van der Waals surface area contributed by atoms with Gasteiger partial charge in [0.2, 0.25) is 0 Å². The van der Waals surface area contributed by atoms with Gasteiger partial charge in [0.15, 0.2) is 5.82 Å². The molecule has 5 nitrogen and oxygen atoms in total. The van der Waals surface area contributed by atoms with Gasteiger partial charge < -0.3 is 5.73 Å². The Morgan fingerprint density at radius 2 is 2.24 bits per heavy atom. The monoisotopic (exact) mass is 225 g/mol. The lowest BCUT2D eigenvalue weighted by Gasteiger charge is -2.05. The van der Waals surface area contributed by atoms with Crippen LogP contribution in [-0.4, -0.2) is 15.0 Å². The molecule has 2 N–H and O–H groups in total. The highest BCUT2D eigenvalue weighted by Crippen LogP contribution is 2.19. The van der Waals surface area contributed by atoms with Gasteiger partial charge >= 0.3 is 0 Å². The van der Waals surface area contributed by atoms with Gasteiger partial charge in [-0.3, -0.25) is 4.98 Å². The number of rotatable bonds is 2. The maximum absolute atomic E-state index is 8.76. The molecule has 0 aliphatic rings. The van der Waals surface area contributed by atoms with E-state index in [0.717, 1.165) is 12.0 Å². The van der Waals surface area contributed by atoms with Crippen LogP contribution in [0.25, 0.3) is 11.5 Å². The Bertz CT molecular complexity index is 586. The third kappa shape index (κ3) is 2.06. The van der Waals surface area contributed by atoms with Crippen LogP contribution in [0.5, 0.6) is 0 Å². The van der Waals surface area contributed by atoms with E-state index in [4.69, 9.17) is 11.0 Å². The second kappa shape index (κ2) is 4.58. The molecule has 0 fully saturated rings. The summed E-state index contributed by atoms with van der Waals surface area (Å²) in [5.41, 5.74) is 7.71. The summed E-state index contributed by atoms with van der Waals surface area (Å²) in [4.78, 5) is 12.5. The SMILES string of the molecule is CCc1cccnc1-c1ncc(C#N)c(N)n1. The number of pyridine rings is 1. The molecular formula is C12H11N5. The first-order chi connectivity index (χ1) is 8.26. The van der Waals surface area contributed by atoms with Crippen LogP contribution >= 0.6 is 0 Å². The second-order valence-corrected chi connectivity index (χ2v) is 3.47. The molecule has 5 heteroatoms. The number of anilines is 1. The number of nitrogen functional groups attached to an aromatic ring is 1. The largest absolute Gasteiger partial charge is 0.382 e. The van der Waals surface area contributed by atoms with E-state index in [1.54, 1.807) is 6.20 Å². The molecule has 0 spiro atoms. The standard InChI is InChI=1S/C12H11N5/c1-2-8-4-3-5-15-10(8)12-16-7-9(6-13)11(14)17-12/h3-5,7H,2H2,1H3,(H2,14,16,17). The van der Waals surface area contributed by atoms with Gasteiger partial charge in [-0.15, -0.1) is 0 Å². The van der Waals surface area contributed by atoms with Crippen LogP contribution in [0.15, 0.2) is 24.5 Å². The molecule has 2 aromatic rings. The molecule has 17 heavy (non-hydrogen) atoms. The Morgan fingerprint density at radius 3 is 2.88 bits per heavy atom. The minimum atomic E-state index is 0.185. The van der Waals surface area contributed by atoms with Gasteiger partial charge in [0.05, 0.1) is 6.20 Å². The highest BCUT2D eigenvalue weighted by atomic mass is 15.0. The highest BCUT2D eigenvalue weighted by Gasteiger charge is 2.10. The van der Waals surface area contributed by atoms with Crippen molar-refractivity contribution >= 4 is 5.82 Å². The van der Waals surface area contributed by atoms with Crippen LogP contribution < -0.4 is 5.73 Å². The molecule has 0 aliphatic heterocycles. The smallest absolute Gasteiger partial charge is 0.180 e. The summed E-state index contributed by atoms with van der Waals surface area (Å²) in [7, 11) is 0. The molecule has 0 aliphatic carbocycles. The summed E-state index contributed by atoms with van der Waals surface area (Å²) in [6, 6.07) is 5.77. The van der Waals surface area contributed by atoms with Gasteiger partial charge in [-0.1, -0.05) is 13.0 Å². The lowest BCUT2D eigenvalue weighted by Crippen LogP contribution is -2.01. The van der Waals surface area contributed by atoms with Crippen molar-refractivity contribution in [1.29, 1.82) is 5.26 Å². The van der Waals surface area contributed by atoms with Gasteiger partial charge in [0.25, 0.3) is 0 Å². The van der Waals surface area contributed by atoms with Crippen molar-refractivity contribution in [3.8, 4) is 17.6 Å². The minimum Gasteiger partial charge on any atom is -0.382 e. The maximum atomic E-state index is 8.76. The molecule has 0 radical (unpaired) electrons. The fourth-order valence-corrected chi connectivity index (χ4v) is 1.52. The van der Waals surface area contributed by atoms with E-state index in [1.165, 1.54) is 6.20 Å². The molecule has 0 bridgehead atoms. The molecule has 0 saturated heterocycles. The predicted octanol–water partition coefficient (Wildman–Crippen LogP) is 1.55. The minimum absolute atomic E-state index is 0.185. The van der Waals surface area contributed by atoms with Gasteiger partial charge in [-0.05, 0) is 18.1 Å². The summed E-state index contributed by atoms with van der Waals surface area (Å²) in [5.74, 6) is 0.643. The van der Waals surface area contributed by atoms with Crippen molar-refractivity contribution in [3.63, 3.8) is 0 Å². The lowest BCUT2D eigenvalue weighted by molar-refractivity contribution is 1.07. The zero-order chi connectivity index (χ0) is 12.3. The Kier molecular flexibility index (Phi) is 2.97. The molecule has 2 heterocycles. The summed E-state index contributed by atoms with van der Waals surface area (Å²) < 4.78 is 0. The number of hydrogen-bond acceptors (Lipinski definition) is 5. The first-order valence-electron chi connectivity index (χ1n) is 5.23. The van der Waals surface area contributed by atoms with Crippen LogP contribution in [-0.2, 0) is 6.42 Å². The predicted molar refractivity (Wildman–Crippen MR) is 63.8 cm³/mol. The zero-order valence-corrected chi connectivity index (χ0v) is 9.38. The van der Waals surface area contributed by atoms with Crippen LogP contribution in [0.3, 0.4) is 0 Å². The van der Waals surface area contributed by atoms with Crippen molar-refractivity contribution in [2.45, 2.75) is 13.3 Å². The van der Waals surface area contributed by atoms with Crippen molar-refractivity contribution in [2.75, 3.05) is 5.73 Å². The molecule has 0 amide bonds. The quantitative estimate of drug-likeness (QED) is 0.837. The van der Waals surface area contributed by atoms with E-state index in [0.29, 0.717) is 11.5 Å². The number of aryl methyl sites for hydroxylation is 1. The van der Waals surface area contributed by atoms with E-state index in [1.807, 2.05) is 25.1 Å². The molecule has 84 valence electrons. The Hall–Kier alpha value is -2.48. The fraction of sp³-hybridized carbons (Fsp3) is 0.167. The first kappa shape index (κ1) is 11.0. The topological polar surface area (TPSA) is 88.5 Å². The van der Waals surface area contributed by atoms with Crippen molar-refractivity contribution < 1.29 is 0 Å². The Balaban J connectivity index is 2.54. The summed E-state index contributed by atoms with van der Waals surface area (Å²) in [5, 5.41) is 8.76. The van der Waals surface area contributed by atoms with E-state index >= 15 is 0 Å². The molecular weight excluding hydrogens is 214 g/mol. The Morgan fingerprint density at radius 1 is 1.41 bits per heavy atom. The average Bonchev–Trinajstić information content (AvgIpc) is 2.38. The molecule has 0 atom stereocenters. The van der Waals surface area contributed by atoms with Gasteiger partial charge in [0, 0.05) is 6.20 Å². The molecule has 0 unspecified atom stereocenters. The number of hydrogen-bond donors (Lipinski definition) is 1. The number of nitriles is 1. The lowest BCUT2D eigenvalue weighted by atomic mass is 10.1. The summed E-state index contributed by atoms with van der Waals surface area (Å²) in [6.45, 7) is 2.04. The van der Waals surface area contributed by atoms with Gasteiger partial charge in [0.1, 0.15) is 23.1 Å². The molecule has 2 aromatic heterocycles. The van der Waals surface area contributed by atoms with Crippen LogP contribution in [0, 0.1) is 11.3 Å². The van der Waals surface area contributed by atoms with Crippen molar-refractivity contribution in [2.24, 2.45) is 0 Å². The van der Waals surface area contributed by atoms with Crippen LogP contribution in [0.4, 0.5) is 5.82 Å². The van der Waals surface area contributed by atoms with Crippen molar-refractivity contribution in [1.82, 2.24) is 15.0 Å². The maximum Gasteiger partial charge on any atom is 0.180 e. The molecule has 2 rings (SSSR count). The molecule has 0 saturated carbocycles. The second-order valence-electron chi connectivity index (χ2n) is 3.47. The van der Waals surface area contributed by atoms with E-state index in [-0.39, 0.29) is 11.4 Å². The van der Waals surface area contributed by atoms with Crippen molar-refractivity contribution in [3.05, 3.63) is 35.7 Å². The molecule has 0 aromatic carbocycles. The van der Waals surface area contributed by atoms with Gasteiger partial charge in [-0.2, -0.15) is 5.26 Å². The Labute approximate surface area is 99.0 Å². The van der Waals surface area contributed by atoms with Crippen LogP contribution in [0.1, 0.15) is 18.1 Å².